The highest BCUT2D eigenvalue weighted by Crippen LogP contribution is 2.38. The van der Waals surface area contributed by atoms with Crippen LogP contribution < -0.4 is 10.5 Å². The molecule has 2 aromatic carbocycles. The normalized spacial score (nSPS) is 20.3. The van der Waals surface area contributed by atoms with Gasteiger partial charge in [-0.05, 0) is 42.0 Å². The fraction of sp³-hybridized carbons (Fsp3) is 0.346. The van der Waals surface area contributed by atoms with Crippen LogP contribution in [0.5, 0.6) is 0 Å². The zero-order chi connectivity index (χ0) is 22.1. The van der Waals surface area contributed by atoms with Crippen LogP contribution in [0.4, 0.5) is 11.5 Å². The van der Waals surface area contributed by atoms with Gasteiger partial charge in [0, 0.05) is 31.3 Å². The van der Waals surface area contributed by atoms with Gasteiger partial charge in [-0.2, -0.15) is 5.10 Å². The van der Waals surface area contributed by atoms with Gasteiger partial charge in [-0.3, -0.25) is 9.59 Å². The number of nitrogens with zero attached hydrogens (tertiary/aromatic N) is 4. The number of benzene rings is 2. The average molecular weight is 429 g/mol. The van der Waals surface area contributed by atoms with Gasteiger partial charge in [-0.1, -0.05) is 55.5 Å². The molecule has 6 heteroatoms. The maximum atomic E-state index is 13.6. The van der Waals surface area contributed by atoms with Crippen molar-refractivity contribution in [3.8, 4) is 0 Å². The number of likely N-dealkylation sites (tertiary alicyclic amines) is 1. The molecule has 0 radical (unpaired) electrons. The van der Waals surface area contributed by atoms with Crippen LogP contribution in [0.2, 0.25) is 0 Å². The summed E-state index contributed by atoms with van der Waals surface area (Å²) in [6, 6.07) is 20.9. The number of aromatic nitrogens is 2. The summed E-state index contributed by atoms with van der Waals surface area (Å²) in [5.74, 6) is 1.31. The number of fused-ring (bicyclic) bond motifs is 1. The lowest BCUT2D eigenvalue weighted by atomic mass is 9.99. The van der Waals surface area contributed by atoms with Crippen molar-refractivity contribution in [3.63, 3.8) is 0 Å². The molecule has 0 N–H and O–H groups in total. The highest BCUT2D eigenvalue weighted by atomic mass is 16.2. The summed E-state index contributed by atoms with van der Waals surface area (Å²) in [6.07, 6.45) is 2.87. The van der Waals surface area contributed by atoms with Gasteiger partial charge in [-0.15, -0.1) is 0 Å². The predicted octanol–water partition coefficient (Wildman–Crippen LogP) is 3.61. The summed E-state index contributed by atoms with van der Waals surface area (Å²) in [6.45, 7) is 4.22. The Hall–Kier alpha value is -3.41. The largest absolute Gasteiger partial charge is 0.341 e. The number of hydrogen-bond donors (Lipinski definition) is 0. The molecule has 2 atom stereocenters. The molecule has 0 unspecified atom stereocenters. The van der Waals surface area contributed by atoms with Gasteiger partial charge in [0.25, 0.3) is 5.56 Å². The molecule has 0 saturated carbocycles. The number of anilines is 2. The number of para-hydroxylation sites is 1. The lowest BCUT2D eigenvalue weighted by molar-refractivity contribution is -0.134. The van der Waals surface area contributed by atoms with Gasteiger partial charge in [-0.25, -0.2) is 4.68 Å². The first-order valence-corrected chi connectivity index (χ1v) is 11.4. The molecule has 2 aliphatic heterocycles. The molecule has 6 nitrogen and oxygen atoms in total. The van der Waals surface area contributed by atoms with Crippen molar-refractivity contribution in [1.82, 2.24) is 14.7 Å². The number of piperidine rings is 1. The second-order valence-corrected chi connectivity index (χ2v) is 8.92. The summed E-state index contributed by atoms with van der Waals surface area (Å²) in [4.78, 5) is 30.2. The van der Waals surface area contributed by atoms with Crippen LogP contribution in [0.1, 0.15) is 30.9 Å². The lowest BCUT2D eigenvalue weighted by Gasteiger charge is -2.35. The Morgan fingerprint density at radius 3 is 2.62 bits per heavy atom. The Morgan fingerprint density at radius 1 is 1.03 bits per heavy atom. The molecule has 32 heavy (non-hydrogen) atoms. The molecular weight excluding hydrogens is 400 g/mol. The number of amides is 1. The number of rotatable bonds is 4. The molecule has 2 aliphatic rings. The minimum Gasteiger partial charge on any atom is -0.341 e. The molecular formula is C26H28N4O2. The first-order chi connectivity index (χ1) is 15.6. The van der Waals surface area contributed by atoms with Crippen LogP contribution in [0, 0.1) is 5.92 Å². The van der Waals surface area contributed by atoms with Crippen LogP contribution in [0.25, 0.3) is 0 Å². The van der Waals surface area contributed by atoms with Crippen molar-refractivity contribution >= 4 is 17.4 Å². The molecule has 1 aromatic heterocycles. The lowest BCUT2D eigenvalue weighted by Crippen LogP contribution is -2.49. The van der Waals surface area contributed by atoms with E-state index in [0.717, 1.165) is 36.3 Å². The van der Waals surface area contributed by atoms with Crippen molar-refractivity contribution in [1.29, 1.82) is 0 Å². The minimum absolute atomic E-state index is 0.148. The number of carbonyl (C=O) groups is 1. The monoisotopic (exact) mass is 428 g/mol. The van der Waals surface area contributed by atoms with Gasteiger partial charge < -0.3 is 9.80 Å². The van der Waals surface area contributed by atoms with Crippen LogP contribution in [-0.4, -0.2) is 39.7 Å². The van der Waals surface area contributed by atoms with Gasteiger partial charge >= 0.3 is 0 Å². The maximum Gasteiger partial charge on any atom is 0.267 e. The van der Waals surface area contributed by atoms with Gasteiger partial charge in [0.1, 0.15) is 6.04 Å². The van der Waals surface area contributed by atoms with E-state index in [-0.39, 0.29) is 17.5 Å². The molecule has 5 rings (SSSR count). The van der Waals surface area contributed by atoms with E-state index in [4.69, 9.17) is 5.10 Å². The Morgan fingerprint density at radius 2 is 1.81 bits per heavy atom. The molecule has 3 heterocycles. The Bertz CT molecular complexity index is 1170. The zero-order valence-corrected chi connectivity index (χ0v) is 18.4. The van der Waals surface area contributed by atoms with E-state index in [1.165, 1.54) is 11.1 Å². The van der Waals surface area contributed by atoms with Crippen LogP contribution >= 0.6 is 0 Å². The molecule has 164 valence electrons. The van der Waals surface area contributed by atoms with E-state index < -0.39 is 0 Å². The van der Waals surface area contributed by atoms with Crippen molar-refractivity contribution < 1.29 is 4.79 Å². The smallest absolute Gasteiger partial charge is 0.267 e. The van der Waals surface area contributed by atoms with Crippen molar-refractivity contribution in [2.24, 2.45) is 5.92 Å². The van der Waals surface area contributed by atoms with Crippen LogP contribution in [0.15, 0.2) is 71.5 Å². The number of carbonyl (C=O) groups excluding carboxylic acids is 1. The van der Waals surface area contributed by atoms with E-state index in [9.17, 15) is 9.59 Å². The highest BCUT2D eigenvalue weighted by molar-refractivity contribution is 5.91. The average Bonchev–Trinajstić information content (AvgIpc) is 3.20. The summed E-state index contributed by atoms with van der Waals surface area (Å²) in [5, 5.41) is 4.70. The topological polar surface area (TPSA) is 58.4 Å². The Kier molecular flexibility index (Phi) is 5.52. The van der Waals surface area contributed by atoms with Gasteiger partial charge in [0.2, 0.25) is 5.91 Å². The highest BCUT2D eigenvalue weighted by Gasteiger charge is 2.39. The third kappa shape index (κ3) is 3.93. The van der Waals surface area contributed by atoms with Crippen LogP contribution in [0.3, 0.4) is 0 Å². The minimum atomic E-state index is -0.340. The Balaban J connectivity index is 1.51. The van der Waals surface area contributed by atoms with E-state index in [0.29, 0.717) is 24.7 Å². The summed E-state index contributed by atoms with van der Waals surface area (Å²) >= 11 is 0. The molecule has 3 aromatic rings. The first-order valence-electron chi connectivity index (χ1n) is 11.4. The quantitative estimate of drug-likeness (QED) is 0.637. The second kappa shape index (κ2) is 8.61. The van der Waals surface area contributed by atoms with E-state index in [2.05, 4.69) is 13.0 Å². The fourth-order valence-corrected chi connectivity index (χ4v) is 4.90. The summed E-state index contributed by atoms with van der Waals surface area (Å²) in [5.41, 5.74) is 2.99. The standard InChI is InChI=1S/C26H28N4O2/c1-19-8-7-15-28(17-19)26(32)23-16-21-11-5-6-12-22(21)30(23)24-13-14-25(31)29(27-24)18-20-9-3-2-4-10-20/h2-6,9-14,19,23H,7-8,15-18H2,1H3/t19-,23-/m0/s1. The summed E-state index contributed by atoms with van der Waals surface area (Å²) < 4.78 is 1.48. The molecule has 0 spiro atoms. The first kappa shape index (κ1) is 20.5. The van der Waals surface area contributed by atoms with E-state index in [1.807, 2.05) is 58.3 Å². The third-order valence-corrected chi connectivity index (χ3v) is 6.50. The second-order valence-electron chi connectivity index (χ2n) is 8.92. The molecule has 0 bridgehead atoms. The van der Waals surface area contributed by atoms with Gasteiger partial charge in [0.05, 0.1) is 6.54 Å². The molecule has 1 fully saturated rings. The van der Waals surface area contributed by atoms with Crippen molar-refractivity contribution in [3.05, 3.63) is 88.2 Å². The van der Waals surface area contributed by atoms with Gasteiger partial charge in [0.15, 0.2) is 5.82 Å². The third-order valence-electron chi connectivity index (χ3n) is 6.50. The van der Waals surface area contributed by atoms with E-state index in [1.54, 1.807) is 12.1 Å². The molecule has 1 amide bonds. The maximum absolute atomic E-state index is 13.6. The number of hydrogen-bond acceptors (Lipinski definition) is 4. The Labute approximate surface area is 188 Å². The molecule has 1 saturated heterocycles. The van der Waals surface area contributed by atoms with Crippen LogP contribution in [-0.2, 0) is 17.8 Å². The zero-order valence-electron chi connectivity index (χ0n) is 18.4. The van der Waals surface area contributed by atoms with Crippen molar-refractivity contribution in [2.75, 3.05) is 18.0 Å². The molecule has 0 aliphatic carbocycles. The summed E-state index contributed by atoms with van der Waals surface area (Å²) in [7, 11) is 0. The van der Waals surface area contributed by atoms with E-state index >= 15 is 0 Å². The SMILES string of the molecule is C[C@H]1CCCN(C(=O)[C@@H]2Cc3ccccc3N2c2ccc(=O)n(Cc3ccccc3)n2)C1. The fourth-order valence-electron chi connectivity index (χ4n) is 4.90. The predicted molar refractivity (Wildman–Crippen MR) is 125 cm³/mol. The van der Waals surface area contributed by atoms with Crippen molar-refractivity contribution in [2.45, 2.75) is 38.8 Å².